The minimum atomic E-state index is -0.617. The molecule has 1 aliphatic heterocycles. The van der Waals surface area contributed by atoms with Gasteiger partial charge in [0.1, 0.15) is 18.2 Å². The van der Waals surface area contributed by atoms with Crippen molar-refractivity contribution in [3.05, 3.63) is 92.9 Å². The van der Waals surface area contributed by atoms with Crippen LogP contribution in [0.4, 0.5) is 5.82 Å². The zero-order chi connectivity index (χ0) is 22.7. The van der Waals surface area contributed by atoms with E-state index in [9.17, 15) is 9.59 Å². The fraction of sp³-hybridized carbons (Fsp3) is 0.208. The number of esters is 1. The van der Waals surface area contributed by atoms with Crippen molar-refractivity contribution < 1.29 is 14.3 Å². The average molecular weight is 450 g/mol. The largest absolute Gasteiger partial charge is 0.489 e. The van der Waals surface area contributed by atoms with Crippen molar-refractivity contribution in [3.63, 3.8) is 0 Å². The molecule has 0 amide bonds. The third kappa shape index (κ3) is 4.27. The summed E-state index contributed by atoms with van der Waals surface area (Å²) in [5.41, 5.74) is 2.90. The summed E-state index contributed by atoms with van der Waals surface area (Å²) >= 11 is 1.34. The summed E-state index contributed by atoms with van der Waals surface area (Å²) in [5, 5.41) is 3.60. The minimum Gasteiger partial charge on any atom is -0.489 e. The standard InChI is InChI=1S/C24H23N3O4S/c1-14-18(23(29)30-2)19(20-21(25-14)26-24(32-3)27-22(20)28)16-9-11-17(12-10-16)31-13-15-7-5-4-6-8-15/h4-12,19H,13H2,1-3H3,(H2,25,26,27,28). The number of thioether (sulfide) groups is 1. The van der Waals surface area contributed by atoms with Gasteiger partial charge in [-0.05, 0) is 36.4 Å². The van der Waals surface area contributed by atoms with Gasteiger partial charge in [-0.1, -0.05) is 54.2 Å². The van der Waals surface area contributed by atoms with Crippen molar-refractivity contribution in [3.8, 4) is 5.75 Å². The number of ether oxygens (including phenoxy) is 2. The number of anilines is 1. The summed E-state index contributed by atoms with van der Waals surface area (Å²) in [6, 6.07) is 17.3. The highest BCUT2D eigenvalue weighted by atomic mass is 32.2. The molecule has 0 bridgehead atoms. The van der Waals surface area contributed by atoms with E-state index in [0.717, 1.165) is 11.1 Å². The van der Waals surface area contributed by atoms with E-state index >= 15 is 0 Å². The summed E-state index contributed by atoms with van der Waals surface area (Å²) in [6.45, 7) is 2.23. The zero-order valence-electron chi connectivity index (χ0n) is 18.0. The van der Waals surface area contributed by atoms with Crippen LogP contribution in [0, 0.1) is 0 Å². The monoisotopic (exact) mass is 449 g/mol. The number of aromatic amines is 1. The molecule has 8 heteroatoms. The maximum atomic E-state index is 13.0. The highest BCUT2D eigenvalue weighted by Crippen LogP contribution is 2.40. The molecule has 32 heavy (non-hydrogen) atoms. The van der Waals surface area contributed by atoms with Gasteiger partial charge in [0, 0.05) is 5.70 Å². The van der Waals surface area contributed by atoms with Crippen molar-refractivity contribution in [1.29, 1.82) is 0 Å². The lowest BCUT2D eigenvalue weighted by Crippen LogP contribution is -2.30. The molecule has 1 unspecified atom stereocenters. The number of fused-ring (bicyclic) bond motifs is 1. The number of allylic oxidation sites excluding steroid dienone is 1. The minimum absolute atomic E-state index is 0.296. The van der Waals surface area contributed by atoms with Gasteiger partial charge in [0.25, 0.3) is 5.56 Å². The van der Waals surface area contributed by atoms with Gasteiger partial charge in [-0.3, -0.25) is 4.79 Å². The fourth-order valence-corrected chi connectivity index (χ4v) is 4.12. The Morgan fingerprint density at radius 3 is 2.50 bits per heavy atom. The topological polar surface area (TPSA) is 93.3 Å². The van der Waals surface area contributed by atoms with Gasteiger partial charge >= 0.3 is 5.97 Å². The van der Waals surface area contributed by atoms with E-state index in [4.69, 9.17) is 9.47 Å². The van der Waals surface area contributed by atoms with Gasteiger partial charge in [0.15, 0.2) is 5.16 Å². The Kier molecular flexibility index (Phi) is 6.32. The smallest absolute Gasteiger partial charge is 0.336 e. The zero-order valence-corrected chi connectivity index (χ0v) is 18.8. The van der Waals surface area contributed by atoms with Crippen LogP contribution in [0.3, 0.4) is 0 Å². The maximum Gasteiger partial charge on any atom is 0.336 e. The number of methoxy groups -OCH3 is 1. The molecule has 164 valence electrons. The van der Waals surface area contributed by atoms with Crippen LogP contribution in [0.2, 0.25) is 0 Å². The average Bonchev–Trinajstić information content (AvgIpc) is 2.82. The predicted octanol–water partition coefficient (Wildman–Crippen LogP) is 4.08. The second-order valence-corrected chi connectivity index (χ2v) is 8.06. The number of benzene rings is 2. The van der Waals surface area contributed by atoms with Crippen molar-refractivity contribution in [1.82, 2.24) is 9.97 Å². The summed E-state index contributed by atoms with van der Waals surface area (Å²) in [7, 11) is 1.33. The lowest BCUT2D eigenvalue weighted by Gasteiger charge is -2.28. The molecule has 7 nitrogen and oxygen atoms in total. The molecule has 0 saturated carbocycles. The van der Waals surface area contributed by atoms with Gasteiger partial charge in [0.2, 0.25) is 0 Å². The van der Waals surface area contributed by atoms with E-state index in [0.29, 0.717) is 40.2 Å². The van der Waals surface area contributed by atoms with E-state index in [2.05, 4.69) is 15.3 Å². The summed E-state index contributed by atoms with van der Waals surface area (Å²) in [6.07, 6.45) is 1.84. The first-order chi connectivity index (χ1) is 15.5. The summed E-state index contributed by atoms with van der Waals surface area (Å²) in [4.78, 5) is 32.9. The maximum absolute atomic E-state index is 13.0. The Hall–Kier alpha value is -3.52. The molecule has 1 aromatic heterocycles. The first-order valence-electron chi connectivity index (χ1n) is 10.0. The molecule has 2 heterocycles. The quantitative estimate of drug-likeness (QED) is 0.333. The molecule has 0 spiro atoms. The van der Waals surface area contributed by atoms with Crippen LogP contribution in [0.25, 0.3) is 0 Å². The normalized spacial score (nSPS) is 15.0. The van der Waals surface area contributed by atoms with Crippen LogP contribution in [0.15, 0.2) is 75.8 Å². The molecule has 1 atom stereocenters. The number of carbonyl (C=O) groups is 1. The van der Waals surface area contributed by atoms with Gasteiger partial charge in [0.05, 0.1) is 24.2 Å². The fourth-order valence-electron chi connectivity index (χ4n) is 3.74. The Morgan fingerprint density at radius 1 is 1.12 bits per heavy atom. The van der Waals surface area contributed by atoms with Gasteiger partial charge < -0.3 is 19.8 Å². The second kappa shape index (κ2) is 9.32. The molecule has 2 aromatic carbocycles. The van der Waals surface area contributed by atoms with Crippen LogP contribution in [-0.2, 0) is 16.1 Å². The number of aromatic nitrogens is 2. The number of rotatable bonds is 6. The third-order valence-corrected chi connectivity index (χ3v) is 5.86. The number of nitrogens with one attached hydrogen (secondary N) is 2. The molecular weight excluding hydrogens is 426 g/mol. The van der Waals surface area contributed by atoms with Crippen molar-refractivity contribution in [2.75, 3.05) is 18.7 Å². The van der Waals surface area contributed by atoms with Crippen molar-refractivity contribution >= 4 is 23.5 Å². The SMILES string of the molecule is COC(=O)C1=C(C)Nc2nc(SC)[nH]c(=O)c2C1c1ccc(OCc2ccccc2)cc1. The lowest BCUT2D eigenvalue weighted by molar-refractivity contribution is -0.136. The number of carbonyl (C=O) groups excluding carboxylic acids is 1. The van der Waals surface area contributed by atoms with Gasteiger partial charge in [-0.15, -0.1) is 0 Å². The second-order valence-electron chi connectivity index (χ2n) is 7.27. The highest BCUT2D eigenvalue weighted by molar-refractivity contribution is 7.98. The highest BCUT2D eigenvalue weighted by Gasteiger charge is 2.36. The molecule has 0 saturated heterocycles. The summed E-state index contributed by atoms with van der Waals surface area (Å²) < 4.78 is 10.9. The Balaban J connectivity index is 1.71. The van der Waals surface area contributed by atoms with E-state index < -0.39 is 11.9 Å². The molecule has 4 rings (SSSR count). The molecule has 2 N–H and O–H groups in total. The lowest BCUT2D eigenvalue weighted by atomic mass is 9.82. The first-order valence-corrected chi connectivity index (χ1v) is 11.2. The first kappa shape index (κ1) is 21.7. The van der Waals surface area contributed by atoms with Crippen LogP contribution in [0.1, 0.15) is 29.5 Å². The van der Waals surface area contributed by atoms with E-state index in [1.165, 1.54) is 18.9 Å². The van der Waals surface area contributed by atoms with Gasteiger partial charge in [-0.2, -0.15) is 0 Å². The van der Waals surface area contributed by atoms with Crippen LogP contribution < -0.4 is 15.6 Å². The van der Waals surface area contributed by atoms with Crippen LogP contribution in [0.5, 0.6) is 5.75 Å². The van der Waals surface area contributed by atoms with Gasteiger partial charge in [-0.25, -0.2) is 9.78 Å². The summed E-state index contributed by atoms with van der Waals surface area (Å²) in [5.74, 6) is 0.0203. The van der Waals surface area contributed by atoms with Crippen molar-refractivity contribution in [2.45, 2.75) is 24.6 Å². The molecular formula is C24H23N3O4S. The molecule has 0 fully saturated rings. The Bertz CT molecular complexity index is 1220. The Morgan fingerprint density at radius 2 is 1.84 bits per heavy atom. The van der Waals surface area contributed by atoms with Crippen molar-refractivity contribution in [2.24, 2.45) is 0 Å². The van der Waals surface area contributed by atoms with E-state index in [1.807, 2.05) is 60.9 Å². The molecule has 3 aromatic rings. The third-order valence-electron chi connectivity index (χ3n) is 5.28. The number of nitrogens with zero attached hydrogens (tertiary/aromatic N) is 1. The van der Waals surface area contributed by atoms with Crippen LogP contribution in [-0.4, -0.2) is 29.3 Å². The Labute approximate surface area is 189 Å². The van der Waals surface area contributed by atoms with E-state index in [-0.39, 0.29) is 5.56 Å². The number of H-pyrrole nitrogens is 1. The molecule has 0 aliphatic carbocycles. The van der Waals surface area contributed by atoms with E-state index in [1.54, 1.807) is 6.92 Å². The molecule has 0 radical (unpaired) electrons. The van der Waals surface area contributed by atoms with Crippen LogP contribution >= 0.6 is 11.8 Å². The number of hydrogen-bond donors (Lipinski definition) is 2. The predicted molar refractivity (Wildman–Crippen MR) is 124 cm³/mol. The molecule has 1 aliphatic rings. The number of hydrogen-bond acceptors (Lipinski definition) is 7.